The fourth-order valence-corrected chi connectivity index (χ4v) is 2.06. The number of anilines is 1. The number of carbonyl (C=O) groups excluding carboxylic acids is 2. The number of halogens is 3. The van der Waals surface area contributed by atoms with Gasteiger partial charge in [-0.05, 0) is 25.1 Å². The van der Waals surface area contributed by atoms with E-state index in [0.717, 1.165) is 13.1 Å². The second kappa shape index (κ2) is 4.32. The molecule has 1 aromatic heterocycles. The number of ketones is 1. The summed E-state index contributed by atoms with van der Waals surface area (Å²) in [5.74, 6) is -2.37. The summed E-state index contributed by atoms with van der Waals surface area (Å²) in [7, 11) is 0. The molecule has 8 heteroatoms. The number of hydrogen-bond acceptors (Lipinski definition) is 5. The zero-order valence-electron chi connectivity index (χ0n) is 10.2. The molecule has 1 unspecified atom stereocenters. The van der Waals surface area contributed by atoms with Crippen LogP contribution in [0.1, 0.15) is 12.5 Å². The third-order valence-corrected chi connectivity index (χ3v) is 3.00. The van der Waals surface area contributed by atoms with E-state index in [9.17, 15) is 27.9 Å². The molecule has 0 fully saturated rings. The molecule has 2 rings (SSSR count). The van der Waals surface area contributed by atoms with Crippen LogP contribution in [-0.2, 0) is 9.59 Å². The molecule has 0 aromatic carbocycles. The summed E-state index contributed by atoms with van der Waals surface area (Å²) in [6.45, 7) is 0.838. The van der Waals surface area contributed by atoms with Gasteiger partial charge in [0.05, 0.1) is 5.56 Å². The first-order chi connectivity index (χ1) is 9.24. The normalized spacial score (nSPS) is 22.0. The minimum absolute atomic E-state index is 0.156. The minimum Gasteiger partial charge on any atom is -0.507 e. The molecule has 0 saturated carbocycles. The van der Waals surface area contributed by atoms with Crippen molar-refractivity contribution in [3.05, 3.63) is 30.0 Å². The van der Waals surface area contributed by atoms with Crippen molar-refractivity contribution in [2.45, 2.75) is 18.8 Å². The first kappa shape index (κ1) is 14.0. The lowest BCUT2D eigenvalue weighted by atomic mass is 9.88. The molecule has 0 bridgehead atoms. The quantitative estimate of drug-likeness (QED) is 0.510. The number of alkyl halides is 3. The lowest BCUT2D eigenvalue weighted by molar-refractivity contribution is -0.152. The highest BCUT2D eigenvalue weighted by Crippen LogP contribution is 2.42. The van der Waals surface area contributed by atoms with Gasteiger partial charge >= 0.3 is 6.30 Å². The van der Waals surface area contributed by atoms with E-state index in [4.69, 9.17) is 0 Å². The van der Waals surface area contributed by atoms with Gasteiger partial charge in [-0.1, -0.05) is 0 Å². The monoisotopic (exact) mass is 286 g/mol. The highest BCUT2D eigenvalue weighted by molar-refractivity contribution is 6.10. The van der Waals surface area contributed by atoms with Crippen LogP contribution in [0, 0.1) is 0 Å². The highest BCUT2D eigenvalue weighted by Gasteiger charge is 2.56. The van der Waals surface area contributed by atoms with E-state index in [0.29, 0.717) is 6.08 Å². The molecular formula is C12H9F3N2O3. The molecule has 20 heavy (non-hydrogen) atoms. The van der Waals surface area contributed by atoms with Crippen LogP contribution < -0.4 is 4.90 Å². The topological polar surface area (TPSA) is 70.5 Å². The molecule has 106 valence electrons. The predicted octanol–water partition coefficient (Wildman–Crippen LogP) is 1.85. The number of aliphatic hydroxyl groups excluding tert-OH is 1. The van der Waals surface area contributed by atoms with E-state index in [1.54, 1.807) is 0 Å². The molecule has 0 amide bonds. The van der Waals surface area contributed by atoms with Crippen molar-refractivity contribution >= 4 is 23.6 Å². The van der Waals surface area contributed by atoms with Crippen LogP contribution in [-0.4, -0.2) is 34.0 Å². The summed E-state index contributed by atoms with van der Waals surface area (Å²) in [6.07, 6.45) is -3.52. The Hall–Kier alpha value is -2.38. The Kier molecular flexibility index (Phi) is 3.04. The van der Waals surface area contributed by atoms with Gasteiger partial charge in [0.25, 0.3) is 0 Å². The first-order valence-corrected chi connectivity index (χ1v) is 5.45. The number of nitrogens with zero attached hydrogens (tertiary/aromatic N) is 2. The maximum Gasteiger partial charge on any atom is 0.487 e. The summed E-state index contributed by atoms with van der Waals surface area (Å²) in [4.78, 5) is 26.0. The average Bonchev–Trinajstić information content (AvgIpc) is 2.36. The van der Waals surface area contributed by atoms with Gasteiger partial charge in [0.1, 0.15) is 11.6 Å². The smallest absolute Gasteiger partial charge is 0.487 e. The maximum absolute atomic E-state index is 13.3. The molecule has 1 N–H and O–H groups in total. The van der Waals surface area contributed by atoms with Crippen molar-refractivity contribution in [2.24, 2.45) is 0 Å². The van der Waals surface area contributed by atoms with Crippen LogP contribution in [0.15, 0.2) is 24.4 Å². The lowest BCUT2D eigenvalue weighted by Crippen LogP contribution is -2.62. The number of pyridine rings is 1. The van der Waals surface area contributed by atoms with Crippen LogP contribution in [0.5, 0.6) is 0 Å². The molecule has 0 aliphatic carbocycles. The van der Waals surface area contributed by atoms with Crippen LogP contribution in [0.2, 0.25) is 0 Å². The van der Waals surface area contributed by atoms with Gasteiger partial charge < -0.3 is 5.11 Å². The third kappa shape index (κ3) is 1.84. The number of Topliss-reactive ketones (excluding diaryl/α,β-unsaturated/α-hetero) is 1. The zero-order chi connectivity index (χ0) is 15.1. The Morgan fingerprint density at radius 3 is 2.65 bits per heavy atom. The summed E-state index contributed by atoms with van der Waals surface area (Å²) in [6, 6.07) is 2.54. The summed E-state index contributed by atoms with van der Waals surface area (Å²) < 4.78 is 39.8. The van der Waals surface area contributed by atoms with Gasteiger partial charge in [-0.25, -0.2) is 9.88 Å². The van der Waals surface area contributed by atoms with Crippen LogP contribution in [0.4, 0.5) is 19.0 Å². The maximum atomic E-state index is 13.3. The Bertz CT molecular complexity index is 612. The number of aldehydes is 1. The molecule has 2 heterocycles. The molecule has 1 atom stereocenters. The van der Waals surface area contributed by atoms with Crippen molar-refractivity contribution < 1.29 is 27.9 Å². The summed E-state index contributed by atoms with van der Waals surface area (Å²) in [5, 5.41) is 9.78. The van der Waals surface area contributed by atoms with Crippen LogP contribution >= 0.6 is 0 Å². The Morgan fingerprint density at radius 2 is 2.15 bits per heavy atom. The second-order valence-corrected chi connectivity index (χ2v) is 4.21. The Labute approximate surface area is 111 Å². The minimum atomic E-state index is -5.02. The molecular weight excluding hydrogens is 277 g/mol. The van der Waals surface area contributed by atoms with Crippen molar-refractivity contribution in [3.8, 4) is 0 Å². The fourth-order valence-electron chi connectivity index (χ4n) is 2.06. The number of aromatic nitrogens is 1. The predicted molar refractivity (Wildman–Crippen MR) is 62.9 cm³/mol. The molecule has 0 radical (unpaired) electrons. The Balaban J connectivity index is 2.82. The standard InChI is InChI=1S/C12H9F3N2O3/c1-7(19)11(6-18)5-9(20)8-3-2-4-16-10(8)17(11)12(13,14)15/h2-6,20H,1H3. The lowest BCUT2D eigenvalue weighted by Gasteiger charge is -2.40. The largest absolute Gasteiger partial charge is 0.507 e. The second-order valence-electron chi connectivity index (χ2n) is 4.21. The molecule has 0 saturated heterocycles. The molecule has 5 nitrogen and oxygen atoms in total. The summed E-state index contributed by atoms with van der Waals surface area (Å²) >= 11 is 0. The SMILES string of the molecule is CC(=O)C1(C=O)C=C(O)c2cccnc2N1C(F)(F)F. The molecule has 0 spiro atoms. The number of fused-ring (bicyclic) bond motifs is 1. The van der Waals surface area contributed by atoms with Crippen LogP contribution in [0.25, 0.3) is 5.76 Å². The van der Waals surface area contributed by atoms with E-state index < -0.39 is 29.2 Å². The highest BCUT2D eigenvalue weighted by atomic mass is 19.4. The summed E-state index contributed by atoms with van der Waals surface area (Å²) in [5.41, 5.74) is -2.85. The van der Waals surface area contributed by atoms with E-state index in [1.165, 1.54) is 12.1 Å². The first-order valence-electron chi connectivity index (χ1n) is 5.45. The third-order valence-electron chi connectivity index (χ3n) is 3.00. The van der Waals surface area contributed by atoms with Crippen molar-refractivity contribution in [3.63, 3.8) is 0 Å². The number of aliphatic hydroxyl groups is 1. The van der Waals surface area contributed by atoms with Crippen LogP contribution in [0.3, 0.4) is 0 Å². The molecule has 1 aromatic rings. The van der Waals surface area contributed by atoms with E-state index in [2.05, 4.69) is 4.98 Å². The van der Waals surface area contributed by atoms with Gasteiger partial charge in [-0.2, -0.15) is 0 Å². The number of rotatable bonds is 2. The van der Waals surface area contributed by atoms with Gasteiger partial charge in [0.15, 0.2) is 17.6 Å². The van der Waals surface area contributed by atoms with Gasteiger partial charge in [-0.15, -0.1) is 13.2 Å². The van der Waals surface area contributed by atoms with E-state index in [-0.39, 0.29) is 16.7 Å². The van der Waals surface area contributed by atoms with Crippen molar-refractivity contribution in [1.29, 1.82) is 0 Å². The Morgan fingerprint density at radius 1 is 1.50 bits per heavy atom. The number of carbonyl (C=O) groups is 2. The molecule has 1 aliphatic heterocycles. The van der Waals surface area contributed by atoms with Gasteiger partial charge in [-0.3, -0.25) is 9.59 Å². The van der Waals surface area contributed by atoms with Crippen molar-refractivity contribution in [2.75, 3.05) is 4.90 Å². The number of hydrogen-bond donors (Lipinski definition) is 1. The molecule has 1 aliphatic rings. The van der Waals surface area contributed by atoms with Gasteiger partial charge in [0, 0.05) is 6.20 Å². The average molecular weight is 286 g/mol. The zero-order valence-corrected chi connectivity index (χ0v) is 10.2. The van der Waals surface area contributed by atoms with Gasteiger partial charge in [0.2, 0.25) is 0 Å². The van der Waals surface area contributed by atoms with Crippen molar-refractivity contribution in [1.82, 2.24) is 4.98 Å². The van der Waals surface area contributed by atoms with E-state index >= 15 is 0 Å². The fraction of sp³-hybridized carbons (Fsp3) is 0.250. The van der Waals surface area contributed by atoms with E-state index in [1.807, 2.05) is 0 Å².